The summed E-state index contributed by atoms with van der Waals surface area (Å²) in [6.07, 6.45) is 21.6. The molecule has 5 aliphatic rings. The summed E-state index contributed by atoms with van der Waals surface area (Å²) in [7, 11) is 0. The normalized spacial score (nSPS) is 59.1. The summed E-state index contributed by atoms with van der Waals surface area (Å²) < 4.78 is 0. The first-order valence-electron chi connectivity index (χ1n) is 12.4. The van der Waals surface area contributed by atoms with Crippen molar-refractivity contribution in [2.75, 3.05) is 0 Å². The summed E-state index contributed by atoms with van der Waals surface area (Å²) in [5.41, 5.74) is 2.68. The molecule has 0 aliphatic heterocycles. The summed E-state index contributed by atoms with van der Waals surface area (Å²) >= 11 is 0. The van der Waals surface area contributed by atoms with Gasteiger partial charge >= 0.3 is 0 Å². The molecule has 0 spiro atoms. The van der Waals surface area contributed by atoms with Gasteiger partial charge in [-0.1, -0.05) is 53.4 Å². The first kappa shape index (κ1) is 18.1. The summed E-state index contributed by atoms with van der Waals surface area (Å²) in [5.74, 6) is 4.19. The summed E-state index contributed by atoms with van der Waals surface area (Å²) in [4.78, 5) is 0. The molecule has 0 aromatic rings. The Hall–Kier alpha value is 0. The first-order valence-corrected chi connectivity index (χ1v) is 12.4. The Kier molecular flexibility index (Phi) is 4.00. The fraction of sp³-hybridized carbons (Fsp3) is 1.00. The Morgan fingerprint density at radius 3 is 2.31 bits per heavy atom. The molecule has 26 heavy (non-hydrogen) atoms. The maximum atomic E-state index is 2.80. The van der Waals surface area contributed by atoms with Gasteiger partial charge in [-0.15, -0.1) is 0 Å². The van der Waals surface area contributed by atoms with E-state index in [1.807, 2.05) is 0 Å². The fourth-order valence-corrected chi connectivity index (χ4v) is 10.5. The second kappa shape index (κ2) is 5.76. The van der Waals surface area contributed by atoms with Gasteiger partial charge in [-0.3, -0.25) is 0 Å². The van der Waals surface area contributed by atoms with Gasteiger partial charge in [0.1, 0.15) is 0 Å². The van der Waals surface area contributed by atoms with Crippen LogP contribution in [-0.2, 0) is 0 Å². The van der Waals surface area contributed by atoms with Gasteiger partial charge in [0.2, 0.25) is 0 Å². The molecule has 0 bridgehead atoms. The van der Waals surface area contributed by atoms with Crippen LogP contribution in [0.15, 0.2) is 0 Å². The van der Waals surface area contributed by atoms with Gasteiger partial charge in [0, 0.05) is 0 Å². The van der Waals surface area contributed by atoms with E-state index in [4.69, 9.17) is 0 Å². The molecular formula is C26H44. The van der Waals surface area contributed by atoms with Gasteiger partial charge in [-0.25, -0.2) is 0 Å². The minimum absolute atomic E-state index is 0.626. The average molecular weight is 357 g/mol. The highest BCUT2D eigenvalue weighted by molar-refractivity contribution is 5.16. The van der Waals surface area contributed by atoms with Crippen LogP contribution >= 0.6 is 0 Å². The van der Waals surface area contributed by atoms with Crippen molar-refractivity contribution in [1.82, 2.24) is 0 Å². The topological polar surface area (TPSA) is 0 Å². The minimum atomic E-state index is 0.626. The molecule has 8 unspecified atom stereocenters. The Morgan fingerprint density at radius 2 is 1.50 bits per heavy atom. The van der Waals surface area contributed by atoms with E-state index >= 15 is 0 Å². The zero-order valence-corrected chi connectivity index (χ0v) is 18.2. The Morgan fingerprint density at radius 1 is 0.654 bits per heavy atom. The van der Waals surface area contributed by atoms with Gasteiger partial charge in [0.25, 0.3) is 0 Å². The number of hydrogen-bond donors (Lipinski definition) is 0. The molecule has 5 fully saturated rings. The molecule has 0 aromatic carbocycles. The van der Waals surface area contributed by atoms with Gasteiger partial charge in [-0.2, -0.15) is 0 Å². The molecule has 5 aliphatic carbocycles. The van der Waals surface area contributed by atoms with Crippen molar-refractivity contribution in [3.63, 3.8) is 0 Å². The van der Waals surface area contributed by atoms with Crippen LogP contribution in [0.4, 0.5) is 0 Å². The molecule has 0 heterocycles. The van der Waals surface area contributed by atoms with Crippen molar-refractivity contribution in [2.24, 2.45) is 45.3 Å². The lowest BCUT2D eigenvalue weighted by atomic mass is 9.34. The van der Waals surface area contributed by atoms with Crippen LogP contribution in [0.2, 0.25) is 0 Å². The first-order chi connectivity index (χ1) is 12.4. The predicted molar refractivity (Wildman–Crippen MR) is 111 cm³/mol. The van der Waals surface area contributed by atoms with Crippen LogP contribution in [0.25, 0.3) is 0 Å². The van der Waals surface area contributed by atoms with Crippen molar-refractivity contribution in [3.05, 3.63) is 0 Å². The third-order valence-corrected chi connectivity index (χ3v) is 12.2. The second-order valence-electron chi connectivity index (χ2n) is 12.3. The van der Waals surface area contributed by atoms with E-state index < -0.39 is 0 Å². The van der Waals surface area contributed by atoms with E-state index in [9.17, 15) is 0 Å². The largest absolute Gasteiger partial charge is 0.0648 e. The Bertz CT molecular complexity index is 564. The molecular weight excluding hydrogens is 312 g/mol. The molecule has 0 aromatic heterocycles. The third kappa shape index (κ3) is 2.03. The van der Waals surface area contributed by atoms with Crippen LogP contribution in [0.3, 0.4) is 0 Å². The monoisotopic (exact) mass is 356 g/mol. The van der Waals surface area contributed by atoms with Crippen LogP contribution < -0.4 is 0 Å². The molecule has 5 saturated carbocycles. The fourth-order valence-electron chi connectivity index (χ4n) is 10.5. The van der Waals surface area contributed by atoms with Gasteiger partial charge in [0.15, 0.2) is 0 Å². The van der Waals surface area contributed by atoms with E-state index in [0.29, 0.717) is 16.2 Å². The maximum absolute atomic E-state index is 2.80. The highest BCUT2D eigenvalue weighted by Gasteiger charge is 2.67. The minimum Gasteiger partial charge on any atom is -0.0648 e. The van der Waals surface area contributed by atoms with Gasteiger partial charge in [-0.05, 0) is 110 Å². The zero-order chi connectivity index (χ0) is 18.2. The summed E-state index contributed by atoms with van der Waals surface area (Å²) in [5, 5.41) is 0. The molecule has 0 nitrogen and oxygen atoms in total. The van der Waals surface area contributed by atoms with Crippen LogP contribution in [0.1, 0.15) is 118 Å². The lowest BCUT2D eigenvalue weighted by molar-refractivity contribution is -0.220. The highest BCUT2D eigenvalue weighted by atomic mass is 14.7. The molecule has 0 radical (unpaired) electrons. The van der Waals surface area contributed by atoms with Crippen molar-refractivity contribution in [3.8, 4) is 0 Å². The highest BCUT2D eigenvalue weighted by Crippen LogP contribution is 2.75. The van der Waals surface area contributed by atoms with Crippen molar-refractivity contribution in [1.29, 1.82) is 0 Å². The molecule has 0 saturated heterocycles. The molecule has 148 valence electrons. The van der Waals surface area contributed by atoms with E-state index in [1.54, 1.807) is 64.2 Å². The van der Waals surface area contributed by atoms with E-state index in [2.05, 4.69) is 27.7 Å². The lowest BCUT2D eigenvalue weighted by Crippen LogP contribution is -2.63. The van der Waals surface area contributed by atoms with Crippen molar-refractivity contribution >= 4 is 0 Å². The molecule has 0 heteroatoms. The summed E-state index contributed by atoms with van der Waals surface area (Å²) in [6, 6.07) is 0. The SMILES string of the molecule is CCC12CCCC1C1CCC3C4(C)CCCCC4CCC3(C)C1(C)CC2. The van der Waals surface area contributed by atoms with Crippen LogP contribution in [0.5, 0.6) is 0 Å². The van der Waals surface area contributed by atoms with Crippen LogP contribution in [-0.4, -0.2) is 0 Å². The van der Waals surface area contributed by atoms with Crippen molar-refractivity contribution in [2.45, 2.75) is 118 Å². The quantitative estimate of drug-likeness (QED) is 0.446. The lowest BCUT2D eigenvalue weighted by Gasteiger charge is -2.71. The predicted octanol–water partition coefficient (Wildman–Crippen LogP) is 8.01. The molecule has 8 atom stereocenters. The van der Waals surface area contributed by atoms with Gasteiger partial charge < -0.3 is 0 Å². The number of rotatable bonds is 1. The Labute approximate surface area is 163 Å². The van der Waals surface area contributed by atoms with Crippen LogP contribution in [0, 0.1) is 45.3 Å². The number of hydrogen-bond acceptors (Lipinski definition) is 0. The van der Waals surface area contributed by atoms with Crippen molar-refractivity contribution < 1.29 is 0 Å². The standard InChI is InChI=1S/C26H44/c1-5-26-15-8-10-21(26)20-11-12-22-23(2)14-7-6-9-19(23)13-16-25(22,4)24(20,3)17-18-26/h19-22H,5-18H2,1-4H3. The maximum Gasteiger partial charge on any atom is -0.0235 e. The van der Waals surface area contributed by atoms with Gasteiger partial charge in [0.05, 0.1) is 0 Å². The summed E-state index contributed by atoms with van der Waals surface area (Å²) in [6.45, 7) is 10.9. The molecule has 0 N–H and O–H groups in total. The molecule has 5 rings (SSSR count). The van der Waals surface area contributed by atoms with E-state index in [-0.39, 0.29) is 0 Å². The van der Waals surface area contributed by atoms with E-state index in [1.165, 1.54) is 25.7 Å². The zero-order valence-electron chi connectivity index (χ0n) is 18.2. The third-order valence-electron chi connectivity index (χ3n) is 12.2. The smallest absolute Gasteiger partial charge is 0.0235 e. The van der Waals surface area contributed by atoms with E-state index in [0.717, 1.165) is 29.1 Å². The average Bonchev–Trinajstić information content (AvgIpc) is 3.06. The number of fused-ring (bicyclic) bond motifs is 7. The molecule has 0 amide bonds. The second-order valence-corrected chi connectivity index (χ2v) is 12.3. The Balaban J connectivity index is 1.53.